The lowest BCUT2D eigenvalue weighted by atomic mass is 10.1. The normalized spacial score (nSPS) is 19.7. The number of nitrogens with zero attached hydrogens (tertiary/aromatic N) is 3. The maximum atomic E-state index is 13.9. The summed E-state index contributed by atoms with van der Waals surface area (Å²) in [5.41, 5.74) is 3.00. The van der Waals surface area contributed by atoms with Gasteiger partial charge in [-0.3, -0.25) is 19.4 Å². The molecule has 1 fully saturated rings. The van der Waals surface area contributed by atoms with Crippen molar-refractivity contribution >= 4 is 17.5 Å². The van der Waals surface area contributed by atoms with Crippen molar-refractivity contribution in [1.82, 2.24) is 9.80 Å². The van der Waals surface area contributed by atoms with Crippen molar-refractivity contribution < 1.29 is 14.3 Å². The van der Waals surface area contributed by atoms with E-state index < -0.39 is 6.04 Å². The van der Waals surface area contributed by atoms with Gasteiger partial charge in [-0.05, 0) is 24.1 Å². The van der Waals surface area contributed by atoms with Gasteiger partial charge < -0.3 is 9.64 Å². The average Bonchev–Trinajstić information content (AvgIpc) is 3.18. The van der Waals surface area contributed by atoms with Crippen LogP contribution in [0.4, 0.5) is 5.69 Å². The molecule has 0 aromatic heterocycles. The van der Waals surface area contributed by atoms with Gasteiger partial charge in [0.05, 0.1) is 13.2 Å². The van der Waals surface area contributed by atoms with Gasteiger partial charge in [-0.25, -0.2) is 0 Å². The van der Waals surface area contributed by atoms with Gasteiger partial charge in [0.1, 0.15) is 6.04 Å². The number of carbonyl (C=O) groups is 2. The highest BCUT2D eigenvalue weighted by Gasteiger charge is 2.40. The Kier molecular flexibility index (Phi) is 6.68. The SMILES string of the molecule is CC(=O)N1c2ccccc2C[C@H]1C(=O)N(Cc1ccccc1)C(C)CN1CCOCC1. The fourth-order valence-corrected chi connectivity index (χ4v) is 4.65. The highest BCUT2D eigenvalue weighted by atomic mass is 16.5. The number of hydrogen-bond acceptors (Lipinski definition) is 4. The van der Waals surface area contributed by atoms with Crippen LogP contribution in [0.3, 0.4) is 0 Å². The van der Waals surface area contributed by atoms with E-state index in [1.807, 2.05) is 59.5 Å². The predicted molar refractivity (Wildman–Crippen MR) is 121 cm³/mol. The first-order valence-corrected chi connectivity index (χ1v) is 11.1. The van der Waals surface area contributed by atoms with Gasteiger partial charge >= 0.3 is 0 Å². The maximum absolute atomic E-state index is 13.9. The largest absolute Gasteiger partial charge is 0.379 e. The fourth-order valence-electron chi connectivity index (χ4n) is 4.65. The molecule has 1 unspecified atom stereocenters. The molecule has 2 aliphatic rings. The first kappa shape index (κ1) is 21.5. The minimum absolute atomic E-state index is 0.0102. The van der Waals surface area contributed by atoms with E-state index >= 15 is 0 Å². The number of carbonyl (C=O) groups excluding carboxylic acids is 2. The third kappa shape index (κ3) is 4.81. The van der Waals surface area contributed by atoms with Gasteiger partial charge in [0.25, 0.3) is 0 Å². The standard InChI is InChI=1S/C25H31N3O3/c1-19(17-26-12-14-31-15-13-26)27(18-21-8-4-3-5-9-21)25(30)24-16-22-10-6-7-11-23(22)28(24)20(2)29/h3-11,19,24H,12-18H2,1-2H3/t19?,24-/m0/s1. The Balaban J connectivity index is 1.59. The Morgan fingerprint density at radius 2 is 1.74 bits per heavy atom. The number of amides is 2. The highest BCUT2D eigenvalue weighted by Crippen LogP contribution is 2.33. The first-order chi connectivity index (χ1) is 15.0. The summed E-state index contributed by atoms with van der Waals surface area (Å²) in [5, 5.41) is 0. The van der Waals surface area contributed by atoms with Gasteiger partial charge in [-0.15, -0.1) is 0 Å². The van der Waals surface area contributed by atoms with Gasteiger partial charge in [0.2, 0.25) is 11.8 Å². The van der Waals surface area contributed by atoms with Crippen LogP contribution in [0.1, 0.15) is 25.0 Å². The monoisotopic (exact) mass is 421 g/mol. The first-order valence-electron chi connectivity index (χ1n) is 11.1. The molecule has 31 heavy (non-hydrogen) atoms. The second-order valence-corrected chi connectivity index (χ2v) is 8.45. The fraction of sp³-hybridized carbons (Fsp3) is 0.440. The molecule has 4 rings (SSSR count). The summed E-state index contributed by atoms with van der Waals surface area (Å²) in [5.74, 6) is -0.0835. The maximum Gasteiger partial charge on any atom is 0.246 e. The number of ether oxygens (including phenoxy) is 1. The zero-order valence-corrected chi connectivity index (χ0v) is 18.4. The smallest absolute Gasteiger partial charge is 0.246 e. The molecule has 6 nitrogen and oxygen atoms in total. The molecule has 2 heterocycles. The van der Waals surface area contributed by atoms with Crippen LogP contribution in [-0.4, -0.2) is 66.5 Å². The van der Waals surface area contributed by atoms with Crippen LogP contribution >= 0.6 is 0 Å². The van der Waals surface area contributed by atoms with Gasteiger partial charge in [0, 0.05) is 51.3 Å². The molecule has 2 aromatic carbocycles. The van der Waals surface area contributed by atoms with Crippen LogP contribution in [0.5, 0.6) is 0 Å². The molecular weight excluding hydrogens is 390 g/mol. The van der Waals surface area contributed by atoms with Crippen molar-refractivity contribution in [1.29, 1.82) is 0 Å². The number of hydrogen-bond donors (Lipinski definition) is 0. The summed E-state index contributed by atoms with van der Waals surface area (Å²) in [6, 6.07) is 17.4. The molecular formula is C25H31N3O3. The van der Waals surface area contributed by atoms with Crippen molar-refractivity contribution in [3.8, 4) is 0 Å². The summed E-state index contributed by atoms with van der Waals surface area (Å²) in [6.45, 7) is 8.20. The predicted octanol–water partition coefficient (Wildman–Crippen LogP) is 2.71. The molecule has 164 valence electrons. The van der Waals surface area contributed by atoms with Crippen LogP contribution in [0.15, 0.2) is 54.6 Å². The van der Waals surface area contributed by atoms with Crippen LogP contribution in [0, 0.1) is 0 Å². The summed E-state index contributed by atoms with van der Waals surface area (Å²) in [6.07, 6.45) is 0.560. The van der Waals surface area contributed by atoms with E-state index in [1.54, 1.807) is 11.8 Å². The van der Waals surface area contributed by atoms with Crippen LogP contribution < -0.4 is 4.90 Å². The van der Waals surface area contributed by atoms with Crippen LogP contribution in [0.25, 0.3) is 0 Å². The Bertz CT molecular complexity index is 911. The molecule has 0 saturated carbocycles. The van der Waals surface area contributed by atoms with E-state index in [0.717, 1.165) is 49.7 Å². The number of anilines is 1. The van der Waals surface area contributed by atoms with E-state index in [0.29, 0.717) is 13.0 Å². The zero-order valence-electron chi connectivity index (χ0n) is 18.4. The number of morpholine rings is 1. The number of rotatable bonds is 6. The molecule has 0 spiro atoms. The van der Waals surface area contributed by atoms with E-state index in [9.17, 15) is 9.59 Å². The summed E-state index contributed by atoms with van der Waals surface area (Å²) in [4.78, 5) is 32.4. The summed E-state index contributed by atoms with van der Waals surface area (Å²) >= 11 is 0. The van der Waals surface area contributed by atoms with Crippen molar-refractivity contribution in [2.75, 3.05) is 37.7 Å². The van der Waals surface area contributed by atoms with E-state index in [-0.39, 0.29) is 17.9 Å². The third-order valence-corrected chi connectivity index (χ3v) is 6.24. The second-order valence-electron chi connectivity index (χ2n) is 8.45. The second kappa shape index (κ2) is 9.62. The van der Waals surface area contributed by atoms with Crippen LogP contribution in [0.2, 0.25) is 0 Å². The Morgan fingerprint density at radius 1 is 1.06 bits per heavy atom. The molecule has 2 atom stereocenters. The highest BCUT2D eigenvalue weighted by molar-refractivity contribution is 6.02. The number of para-hydroxylation sites is 1. The molecule has 0 aliphatic carbocycles. The van der Waals surface area contributed by atoms with E-state index in [1.165, 1.54) is 0 Å². The van der Waals surface area contributed by atoms with E-state index in [4.69, 9.17) is 4.74 Å². The van der Waals surface area contributed by atoms with Gasteiger partial charge in [-0.2, -0.15) is 0 Å². The lowest BCUT2D eigenvalue weighted by Crippen LogP contribution is -2.54. The zero-order chi connectivity index (χ0) is 21.8. The molecule has 1 saturated heterocycles. The Hall–Kier alpha value is -2.70. The molecule has 0 bridgehead atoms. The Morgan fingerprint density at radius 3 is 2.45 bits per heavy atom. The molecule has 6 heteroatoms. The number of fused-ring (bicyclic) bond motifs is 1. The minimum atomic E-state index is -0.495. The average molecular weight is 422 g/mol. The lowest BCUT2D eigenvalue weighted by molar-refractivity contribution is -0.137. The quantitative estimate of drug-likeness (QED) is 0.720. The lowest BCUT2D eigenvalue weighted by Gasteiger charge is -2.37. The van der Waals surface area contributed by atoms with Crippen molar-refractivity contribution in [2.24, 2.45) is 0 Å². The Labute approximate surface area is 184 Å². The van der Waals surface area contributed by atoms with Crippen molar-refractivity contribution in [3.05, 3.63) is 65.7 Å². The van der Waals surface area contributed by atoms with Crippen molar-refractivity contribution in [2.45, 2.75) is 38.9 Å². The van der Waals surface area contributed by atoms with Gasteiger partial charge in [0.15, 0.2) is 0 Å². The minimum Gasteiger partial charge on any atom is -0.379 e. The molecule has 0 radical (unpaired) electrons. The number of benzene rings is 2. The molecule has 2 aliphatic heterocycles. The van der Waals surface area contributed by atoms with Gasteiger partial charge in [-0.1, -0.05) is 48.5 Å². The topological polar surface area (TPSA) is 53.1 Å². The van der Waals surface area contributed by atoms with Crippen LogP contribution in [-0.2, 0) is 27.3 Å². The van der Waals surface area contributed by atoms with E-state index in [2.05, 4.69) is 11.8 Å². The van der Waals surface area contributed by atoms with Crippen molar-refractivity contribution in [3.63, 3.8) is 0 Å². The molecule has 0 N–H and O–H groups in total. The summed E-state index contributed by atoms with van der Waals surface area (Å²) < 4.78 is 5.48. The summed E-state index contributed by atoms with van der Waals surface area (Å²) in [7, 11) is 0. The molecule has 2 amide bonds. The third-order valence-electron chi connectivity index (χ3n) is 6.24. The molecule has 2 aromatic rings.